The molecule has 1 rings (SSSR count). The number of amides is 1. The lowest BCUT2D eigenvalue weighted by Gasteiger charge is -2.08. The predicted octanol–water partition coefficient (Wildman–Crippen LogP) is 1.48. The molecule has 21 heavy (non-hydrogen) atoms. The van der Waals surface area contributed by atoms with Crippen molar-refractivity contribution in [1.82, 2.24) is 5.32 Å². The molecule has 0 spiro atoms. The third kappa shape index (κ3) is 4.40. The average molecular weight is 338 g/mol. The summed E-state index contributed by atoms with van der Waals surface area (Å²) in [6.45, 7) is 0. The molecule has 0 fully saturated rings. The van der Waals surface area contributed by atoms with Crippen LogP contribution in [0.4, 0.5) is 4.39 Å². The molecule has 0 aromatic heterocycles. The van der Waals surface area contributed by atoms with Crippen LogP contribution in [-0.4, -0.2) is 38.2 Å². The fourth-order valence-electron chi connectivity index (χ4n) is 1.60. The highest BCUT2D eigenvalue weighted by Gasteiger charge is 2.25. The molecule has 0 atom stereocenters. The van der Waals surface area contributed by atoms with Crippen molar-refractivity contribution in [2.45, 2.75) is 17.7 Å². The lowest BCUT2D eigenvalue weighted by Crippen LogP contribution is -2.19. The third-order valence-electron chi connectivity index (χ3n) is 2.67. The van der Waals surface area contributed by atoms with E-state index in [0.717, 1.165) is 12.1 Å². The number of carboxylic acid groups (broad SMARTS) is 1. The molecular formula is C12H13ClFNO5S. The zero-order chi connectivity index (χ0) is 16.2. The molecule has 0 saturated heterocycles. The fourth-order valence-corrected chi connectivity index (χ4v) is 3.32. The van der Waals surface area contributed by atoms with Gasteiger partial charge in [0.1, 0.15) is 4.90 Å². The molecule has 0 bridgehead atoms. The highest BCUT2D eigenvalue weighted by Crippen LogP contribution is 2.25. The topological polar surface area (TPSA) is 101 Å². The van der Waals surface area contributed by atoms with E-state index in [9.17, 15) is 22.4 Å². The Bertz CT molecular complexity index is 674. The van der Waals surface area contributed by atoms with Crippen LogP contribution < -0.4 is 5.32 Å². The van der Waals surface area contributed by atoms with E-state index in [2.05, 4.69) is 5.32 Å². The van der Waals surface area contributed by atoms with E-state index in [-0.39, 0.29) is 23.8 Å². The van der Waals surface area contributed by atoms with Crippen molar-refractivity contribution in [1.29, 1.82) is 0 Å². The Labute approximate surface area is 125 Å². The largest absolute Gasteiger partial charge is 0.478 e. The van der Waals surface area contributed by atoms with Gasteiger partial charge in [0.15, 0.2) is 15.7 Å². The zero-order valence-corrected chi connectivity index (χ0v) is 12.6. The van der Waals surface area contributed by atoms with Gasteiger partial charge in [-0.15, -0.1) is 0 Å². The minimum Gasteiger partial charge on any atom is -0.478 e. The minimum absolute atomic E-state index is 0.0175. The first-order valence-electron chi connectivity index (χ1n) is 5.84. The second-order valence-corrected chi connectivity index (χ2v) is 6.68. The predicted molar refractivity (Wildman–Crippen MR) is 73.7 cm³/mol. The molecule has 0 aliphatic carbocycles. The SMILES string of the molecule is CNC(=O)CCCS(=O)(=O)c1cc(Cl)cc(C(=O)O)c1F. The highest BCUT2D eigenvalue weighted by atomic mass is 35.5. The van der Waals surface area contributed by atoms with Crippen molar-refractivity contribution in [3.8, 4) is 0 Å². The number of carbonyl (C=O) groups is 2. The van der Waals surface area contributed by atoms with Gasteiger partial charge < -0.3 is 10.4 Å². The third-order valence-corrected chi connectivity index (χ3v) is 4.68. The van der Waals surface area contributed by atoms with E-state index in [1.54, 1.807) is 0 Å². The summed E-state index contributed by atoms with van der Waals surface area (Å²) >= 11 is 5.62. The number of rotatable bonds is 6. The van der Waals surface area contributed by atoms with E-state index in [4.69, 9.17) is 16.7 Å². The molecule has 1 aromatic rings. The first kappa shape index (κ1) is 17.4. The number of aromatic carboxylic acids is 1. The van der Waals surface area contributed by atoms with E-state index in [1.807, 2.05) is 0 Å². The quantitative estimate of drug-likeness (QED) is 0.818. The van der Waals surface area contributed by atoms with Gasteiger partial charge in [-0.25, -0.2) is 17.6 Å². The number of halogens is 2. The van der Waals surface area contributed by atoms with E-state index in [0.29, 0.717) is 0 Å². The number of hydrogen-bond acceptors (Lipinski definition) is 4. The van der Waals surface area contributed by atoms with Crippen LogP contribution in [0.2, 0.25) is 5.02 Å². The maximum atomic E-state index is 14.0. The van der Waals surface area contributed by atoms with Crippen LogP contribution in [0.15, 0.2) is 17.0 Å². The molecular weight excluding hydrogens is 325 g/mol. The van der Waals surface area contributed by atoms with Crippen molar-refractivity contribution >= 4 is 33.3 Å². The first-order chi connectivity index (χ1) is 9.69. The van der Waals surface area contributed by atoms with Gasteiger partial charge >= 0.3 is 5.97 Å². The number of carbonyl (C=O) groups excluding carboxylic acids is 1. The Balaban J connectivity index is 3.08. The van der Waals surface area contributed by atoms with Crippen LogP contribution in [0, 0.1) is 5.82 Å². The van der Waals surface area contributed by atoms with Gasteiger partial charge in [0.25, 0.3) is 0 Å². The number of hydrogen-bond donors (Lipinski definition) is 2. The number of benzene rings is 1. The molecule has 0 aliphatic rings. The average Bonchev–Trinajstić information content (AvgIpc) is 2.40. The zero-order valence-electron chi connectivity index (χ0n) is 11.0. The van der Waals surface area contributed by atoms with Gasteiger partial charge in [-0.1, -0.05) is 11.6 Å². The second kappa shape index (κ2) is 6.86. The Hall–Kier alpha value is -1.67. The molecule has 0 saturated carbocycles. The Morgan fingerprint density at radius 2 is 2.00 bits per heavy atom. The molecule has 0 radical (unpaired) electrons. The fraction of sp³-hybridized carbons (Fsp3) is 0.333. The summed E-state index contributed by atoms with van der Waals surface area (Å²) in [7, 11) is -2.67. The molecule has 0 heterocycles. The molecule has 0 unspecified atom stereocenters. The molecule has 1 amide bonds. The summed E-state index contributed by atoms with van der Waals surface area (Å²) in [4.78, 5) is 21.1. The summed E-state index contributed by atoms with van der Waals surface area (Å²) in [5.74, 6) is -3.80. The lowest BCUT2D eigenvalue weighted by molar-refractivity contribution is -0.120. The van der Waals surface area contributed by atoms with Crippen LogP contribution in [0.3, 0.4) is 0 Å². The van der Waals surface area contributed by atoms with E-state index >= 15 is 0 Å². The van der Waals surface area contributed by atoms with Crippen molar-refractivity contribution in [3.05, 3.63) is 28.5 Å². The molecule has 2 N–H and O–H groups in total. The van der Waals surface area contributed by atoms with Gasteiger partial charge in [-0.2, -0.15) is 0 Å². The van der Waals surface area contributed by atoms with Crippen LogP contribution in [0.5, 0.6) is 0 Å². The van der Waals surface area contributed by atoms with E-state index in [1.165, 1.54) is 7.05 Å². The number of nitrogens with one attached hydrogen (secondary N) is 1. The summed E-state index contributed by atoms with van der Waals surface area (Å²) < 4.78 is 38.0. The molecule has 0 aliphatic heterocycles. The lowest BCUT2D eigenvalue weighted by atomic mass is 10.2. The highest BCUT2D eigenvalue weighted by molar-refractivity contribution is 7.91. The first-order valence-corrected chi connectivity index (χ1v) is 7.87. The Morgan fingerprint density at radius 1 is 1.38 bits per heavy atom. The van der Waals surface area contributed by atoms with E-state index < -0.39 is 37.8 Å². The van der Waals surface area contributed by atoms with Crippen LogP contribution in [0.25, 0.3) is 0 Å². The monoisotopic (exact) mass is 337 g/mol. The van der Waals surface area contributed by atoms with Crippen LogP contribution >= 0.6 is 11.6 Å². The summed E-state index contributed by atoms with van der Waals surface area (Å²) in [5, 5.41) is 10.9. The van der Waals surface area contributed by atoms with Crippen LogP contribution in [0.1, 0.15) is 23.2 Å². The molecule has 116 valence electrons. The van der Waals surface area contributed by atoms with Crippen LogP contribution in [-0.2, 0) is 14.6 Å². The summed E-state index contributed by atoms with van der Waals surface area (Å²) in [6, 6.07) is 1.70. The van der Waals surface area contributed by atoms with Crippen molar-refractivity contribution in [2.75, 3.05) is 12.8 Å². The Kier molecular flexibility index (Phi) is 5.68. The van der Waals surface area contributed by atoms with Gasteiger partial charge in [-0.3, -0.25) is 4.79 Å². The molecule has 6 nitrogen and oxygen atoms in total. The molecule has 1 aromatic carbocycles. The van der Waals surface area contributed by atoms with Gasteiger partial charge in [0, 0.05) is 18.5 Å². The standard InChI is InChI=1S/C12H13ClFNO5S/c1-15-10(16)3-2-4-21(19,20)9-6-7(13)5-8(11(9)14)12(17)18/h5-6H,2-4H2,1H3,(H,15,16)(H,17,18). The van der Waals surface area contributed by atoms with Crippen molar-refractivity contribution in [2.24, 2.45) is 0 Å². The minimum atomic E-state index is -4.08. The summed E-state index contributed by atoms with van der Waals surface area (Å²) in [5.41, 5.74) is -0.813. The smallest absolute Gasteiger partial charge is 0.338 e. The normalized spacial score (nSPS) is 11.2. The van der Waals surface area contributed by atoms with Gasteiger partial charge in [0.05, 0.1) is 11.3 Å². The Morgan fingerprint density at radius 3 is 2.52 bits per heavy atom. The second-order valence-electron chi connectivity index (χ2n) is 4.17. The number of carboxylic acids is 1. The molecule has 9 heteroatoms. The van der Waals surface area contributed by atoms with Crippen molar-refractivity contribution < 1.29 is 27.5 Å². The maximum absolute atomic E-state index is 14.0. The summed E-state index contributed by atoms with van der Waals surface area (Å²) in [6.07, 6.45) is -0.0555. The van der Waals surface area contributed by atoms with Gasteiger partial charge in [0.2, 0.25) is 5.91 Å². The maximum Gasteiger partial charge on any atom is 0.338 e. The number of sulfone groups is 1. The van der Waals surface area contributed by atoms with Crippen molar-refractivity contribution in [3.63, 3.8) is 0 Å². The van der Waals surface area contributed by atoms with Gasteiger partial charge in [-0.05, 0) is 18.6 Å².